The number of hydrogen-bond acceptors (Lipinski definition) is 3. The number of carboxylic acids is 3. The van der Waals surface area contributed by atoms with Crippen LogP contribution in [0.2, 0.25) is 0 Å². The summed E-state index contributed by atoms with van der Waals surface area (Å²) < 4.78 is 0. The molecule has 0 saturated heterocycles. The minimum absolute atomic E-state index is 0.738. The van der Waals surface area contributed by atoms with Crippen molar-refractivity contribution in [3.8, 4) is 0 Å². The van der Waals surface area contributed by atoms with Gasteiger partial charge in [0.05, 0.1) is 0 Å². The zero-order valence-electron chi connectivity index (χ0n) is 9.14. The topological polar surface area (TPSA) is 112 Å². The summed E-state index contributed by atoms with van der Waals surface area (Å²) in [4.78, 5) is 29.8. The highest BCUT2D eigenvalue weighted by Crippen LogP contribution is 2.25. The third kappa shape index (κ3) is 8.73. The summed E-state index contributed by atoms with van der Waals surface area (Å²) in [5, 5.41) is 24.4. The van der Waals surface area contributed by atoms with Crippen molar-refractivity contribution in [3.63, 3.8) is 0 Å². The number of carbonyl (C=O) groups is 3. The average molecular weight is 220 g/mol. The van der Waals surface area contributed by atoms with Crippen LogP contribution in [0, 0.1) is 11.3 Å². The van der Waals surface area contributed by atoms with E-state index < -0.39 is 29.2 Å². The van der Waals surface area contributed by atoms with Gasteiger partial charge < -0.3 is 15.3 Å². The molecule has 0 bridgehead atoms. The molecule has 6 nitrogen and oxygen atoms in total. The van der Waals surface area contributed by atoms with Crippen molar-refractivity contribution >= 4 is 17.9 Å². The Balaban J connectivity index is 0. The molecule has 0 fully saturated rings. The lowest BCUT2D eigenvalue weighted by molar-refractivity contribution is -0.159. The van der Waals surface area contributed by atoms with E-state index in [1.54, 1.807) is 20.8 Å². The van der Waals surface area contributed by atoms with Gasteiger partial charge in [-0.15, -0.1) is 0 Å². The van der Waals surface area contributed by atoms with E-state index >= 15 is 0 Å². The lowest BCUT2D eigenvalue weighted by Gasteiger charge is -2.22. The van der Waals surface area contributed by atoms with Crippen molar-refractivity contribution < 1.29 is 29.7 Å². The van der Waals surface area contributed by atoms with Crippen LogP contribution in [0.1, 0.15) is 27.7 Å². The number of hydrogen-bond donors (Lipinski definition) is 3. The standard InChI is InChI=1S/C7H12O4.C2H4O2/c1-7(2,3)4(5(8)9)6(10)11;1-2(3)4/h4H,1-3H3,(H,8,9)(H,10,11);1H3,(H,3,4). The molecule has 0 atom stereocenters. The van der Waals surface area contributed by atoms with Gasteiger partial charge >= 0.3 is 11.9 Å². The van der Waals surface area contributed by atoms with E-state index in [9.17, 15) is 9.59 Å². The molecule has 0 unspecified atom stereocenters. The van der Waals surface area contributed by atoms with Crippen LogP contribution in [0.15, 0.2) is 0 Å². The van der Waals surface area contributed by atoms with Crippen molar-refractivity contribution in [2.45, 2.75) is 27.7 Å². The van der Waals surface area contributed by atoms with Crippen LogP contribution in [-0.2, 0) is 14.4 Å². The zero-order chi connectivity index (χ0) is 12.8. The largest absolute Gasteiger partial charge is 0.481 e. The van der Waals surface area contributed by atoms with Gasteiger partial charge in [-0.1, -0.05) is 20.8 Å². The molecule has 6 heteroatoms. The fraction of sp³-hybridized carbons (Fsp3) is 0.667. The third-order valence-electron chi connectivity index (χ3n) is 1.36. The predicted octanol–water partition coefficient (Wildman–Crippen LogP) is 0.909. The van der Waals surface area contributed by atoms with Crippen molar-refractivity contribution in [1.82, 2.24) is 0 Å². The fourth-order valence-electron chi connectivity index (χ4n) is 0.846. The molecular formula is C9H16O6. The van der Waals surface area contributed by atoms with E-state index in [1.807, 2.05) is 0 Å². The van der Waals surface area contributed by atoms with Gasteiger partial charge in [0.25, 0.3) is 5.97 Å². The smallest absolute Gasteiger partial charge is 0.318 e. The Kier molecular flexibility index (Phi) is 6.35. The van der Waals surface area contributed by atoms with Crippen molar-refractivity contribution in [2.24, 2.45) is 11.3 Å². The molecule has 0 rings (SSSR count). The van der Waals surface area contributed by atoms with Crippen LogP contribution >= 0.6 is 0 Å². The third-order valence-corrected chi connectivity index (χ3v) is 1.36. The normalized spacial score (nSPS) is 10.2. The SMILES string of the molecule is CC(=O)O.CC(C)(C)C(C(=O)O)C(=O)O. The molecule has 0 spiro atoms. The molecule has 15 heavy (non-hydrogen) atoms. The van der Waals surface area contributed by atoms with E-state index in [-0.39, 0.29) is 0 Å². The Labute approximate surface area is 87.5 Å². The maximum Gasteiger partial charge on any atom is 0.318 e. The molecule has 0 aliphatic heterocycles. The Morgan fingerprint density at radius 1 is 0.933 bits per heavy atom. The summed E-state index contributed by atoms with van der Waals surface area (Å²) in [6.45, 7) is 5.83. The van der Waals surface area contributed by atoms with Gasteiger partial charge in [0, 0.05) is 6.92 Å². The van der Waals surface area contributed by atoms with Gasteiger partial charge in [0.15, 0.2) is 5.92 Å². The minimum atomic E-state index is -1.33. The van der Waals surface area contributed by atoms with Gasteiger partial charge in [-0.2, -0.15) is 0 Å². The first-order valence-electron chi connectivity index (χ1n) is 4.15. The molecule has 0 aliphatic carbocycles. The number of aliphatic carboxylic acids is 3. The highest BCUT2D eigenvalue weighted by atomic mass is 16.4. The second kappa shape index (κ2) is 6.00. The molecule has 0 heterocycles. The van der Waals surface area contributed by atoms with Crippen LogP contribution in [0.5, 0.6) is 0 Å². The van der Waals surface area contributed by atoms with E-state index in [2.05, 4.69) is 0 Å². The maximum absolute atomic E-state index is 10.4. The van der Waals surface area contributed by atoms with Crippen LogP contribution in [-0.4, -0.2) is 33.2 Å². The lowest BCUT2D eigenvalue weighted by Crippen LogP contribution is -2.35. The van der Waals surface area contributed by atoms with Crippen molar-refractivity contribution in [3.05, 3.63) is 0 Å². The van der Waals surface area contributed by atoms with Gasteiger partial charge in [-0.05, 0) is 5.41 Å². The fourth-order valence-corrected chi connectivity index (χ4v) is 0.846. The quantitative estimate of drug-likeness (QED) is 0.596. The Morgan fingerprint density at radius 2 is 1.13 bits per heavy atom. The second-order valence-electron chi connectivity index (χ2n) is 3.99. The summed E-state index contributed by atoms with van der Waals surface area (Å²) in [6, 6.07) is 0. The lowest BCUT2D eigenvalue weighted by atomic mass is 9.81. The summed E-state index contributed by atoms with van der Waals surface area (Å²) >= 11 is 0. The van der Waals surface area contributed by atoms with Crippen LogP contribution < -0.4 is 0 Å². The first-order valence-corrected chi connectivity index (χ1v) is 4.15. The molecule has 0 radical (unpaired) electrons. The van der Waals surface area contributed by atoms with Gasteiger partial charge in [0.1, 0.15) is 0 Å². The highest BCUT2D eigenvalue weighted by molar-refractivity contribution is 5.93. The molecule has 0 aliphatic rings. The monoisotopic (exact) mass is 220 g/mol. The highest BCUT2D eigenvalue weighted by Gasteiger charge is 2.37. The molecule has 0 aromatic carbocycles. The second-order valence-corrected chi connectivity index (χ2v) is 3.99. The molecule has 88 valence electrons. The Hall–Kier alpha value is -1.59. The van der Waals surface area contributed by atoms with E-state index in [0.29, 0.717) is 0 Å². The summed E-state index contributed by atoms with van der Waals surface area (Å²) in [6.07, 6.45) is 0. The molecule has 0 aromatic heterocycles. The average Bonchev–Trinajstić information content (AvgIpc) is 1.76. The van der Waals surface area contributed by atoms with E-state index in [1.165, 1.54) is 0 Å². The molecule has 0 saturated carbocycles. The van der Waals surface area contributed by atoms with Gasteiger partial charge in [-0.25, -0.2) is 0 Å². The Bertz CT molecular complexity index is 232. The number of rotatable bonds is 2. The summed E-state index contributed by atoms with van der Waals surface area (Å²) in [5.74, 6) is -4.74. The predicted molar refractivity (Wildman–Crippen MR) is 51.5 cm³/mol. The number of carboxylic acid groups (broad SMARTS) is 3. The summed E-state index contributed by atoms with van der Waals surface area (Å²) in [5.41, 5.74) is -0.738. The van der Waals surface area contributed by atoms with E-state index in [4.69, 9.17) is 20.1 Å². The van der Waals surface area contributed by atoms with Crippen LogP contribution in [0.4, 0.5) is 0 Å². The van der Waals surface area contributed by atoms with Gasteiger partial charge in [0.2, 0.25) is 0 Å². The molecule has 3 N–H and O–H groups in total. The molecule has 0 aromatic rings. The van der Waals surface area contributed by atoms with Crippen molar-refractivity contribution in [1.29, 1.82) is 0 Å². The summed E-state index contributed by atoms with van der Waals surface area (Å²) in [7, 11) is 0. The molecule has 0 amide bonds. The first-order chi connectivity index (χ1) is 6.50. The first kappa shape index (κ1) is 15.9. The van der Waals surface area contributed by atoms with Crippen molar-refractivity contribution in [2.75, 3.05) is 0 Å². The van der Waals surface area contributed by atoms with E-state index in [0.717, 1.165) is 6.92 Å². The minimum Gasteiger partial charge on any atom is -0.481 e. The molecular weight excluding hydrogens is 204 g/mol. The van der Waals surface area contributed by atoms with Gasteiger partial charge in [-0.3, -0.25) is 14.4 Å². The van der Waals surface area contributed by atoms with Crippen LogP contribution in [0.25, 0.3) is 0 Å². The maximum atomic E-state index is 10.4. The Morgan fingerprint density at radius 3 is 1.13 bits per heavy atom. The zero-order valence-corrected chi connectivity index (χ0v) is 9.14. The van der Waals surface area contributed by atoms with Crippen LogP contribution in [0.3, 0.4) is 0 Å².